The molecule has 0 unspecified atom stereocenters. The van der Waals surface area contributed by atoms with Gasteiger partial charge in [-0.15, -0.1) is 0 Å². The molecule has 1 N–H and O–H groups in total. The van der Waals surface area contributed by atoms with Gasteiger partial charge in [-0.1, -0.05) is 0 Å². The first-order valence-corrected chi connectivity index (χ1v) is 5.85. The van der Waals surface area contributed by atoms with Crippen LogP contribution in [-0.2, 0) is 14.3 Å². The highest BCUT2D eigenvalue weighted by Crippen LogP contribution is 2.31. The van der Waals surface area contributed by atoms with Gasteiger partial charge in [0.15, 0.2) is 5.60 Å². The number of hydrogen-bond donors (Lipinski definition) is 1. The molecule has 0 aromatic heterocycles. The van der Waals surface area contributed by atoms with E-state index in [1.54, 1.807) is 6.92 Å². The number of esters is 1. The second-order valence-electron chi connectivity index (χ2n) is 4.38. The van der Waals surface area contributed by atoms with E-state index in [2.05, 4.69) is 0 Å². The lowest BCUT2D eigenvalue weighted by Crippen LogP contribution is -2.45. The molecular weight excluding hydrogens is 253 g/mol. The molecule has 0 aliphatic heterocycles. The average Bonchev–Trinajstić information content (AvgIpc) is 2.27. The third kappa shape index (κ3) is 4.45. The van der Waals surface area contributed by atoms with E-state index in [0.29, 0.717) is 0 Å². The van der Waals surface area contributed by atoms with Gasteiger partial charge in [0.25, 0.3) is 0 Å². The van der Waals surface area contributed by atoms with Crippen LogP contribution in [0.3, 0.4) is 0 Å². The summed E-state index contributed by atoms with van der Waals surface area (Å²) in [5.41, 5.74) is -1.58. The predicted molar refractivity (Wildman–Crippen MR) is 55.8 cm³/mol. The van der Waals surface area contributed by atoms with Crippen molar-refractivity contribution in [1.82, 2.24) is 0 Å². The summed E-state index contributed by atoms with van der Waals surface area (Å²) in [6.45, 7) is 0.490. The minimum atomic E-state index is -4.35. The number of halogens is 3. The highest BCUT2D eigenvalue weighted by atomic mass is 19.4. The quantitative estimate of drug-likeness (QED) is 0.791. The number of carbonyl (C=O) groups is 1. The molecule has 0 radical (unpaired) electrons. The van der Waals surface area contributed by atoms with Gasteiger partial charge in [0.2, 0.25) is 0 Å². The summed E-state index contributed by atoms with van der Waals surface area (Å²) >= 11 is 0. The lowest BCUT2D eigenvalue weighted by atomic mass is 9.83. The van der Waals surface area contributed by atoms with Crippen LogP contribution in [0.15, 0.2) is 0 Å². The zero-order valence-electron chi connectivity index (χ0n) is 10.1. The Hall–Kier alpha value is -0.820. The van der Waals surface area contributed by atoms with E-state index in [9.17, 15) is 23.1 Å². The summed E-state index contributed by atoms with van der Waals surface area (Å²) < 4.78 is 45.2. The highest BCUT2D eigenvalue weighted by Gasteiger charge is 2.42. The van der Waals surface area contributed by atoms with E-state index in [4.69, 9.17) is 9.47 Å². The molecule has 106 valence electrons. The third-order valence-electron chi connectivity index (χ3n) is 2.90. The van der Waals surface area contributed by atoms with Crippen LogP contribution in [0.4, 0.5) is 13.2 Å². The molecule has 0 amide bonds. The van der Waals surface area contributed by atoms with Crippen molar-refractivity contribution in [1.29, 1.82) is 0 Å². The maximum absolute atomic E-state index is 11.9. The summed E-state index contributed by atoms with van der Waals surface area (Å²) in [5.74, 6) is -0.709. The molecule has 1 saturated carbocycles. The minimum Gasteiger partial charge on any atom is -0.464 e. The number of rotatable bonds is 4. The van der Waals surface area contributed by atoms with Gasteiger partial charge in [0, 0.05) is 0 Å². The van der Waals surface area contributed by atoms with E-state index in [-0.39, 0.29) is 32.3 Å². The van der Waals surface area contributed by atoms with Crippen LogP contribution in [0, 0.1) is 0 Å². The number of alkyl halides is 3. The molecule has 0 heterocycles. The zero-order chi connectivity index (χ0) is 13.8. The monoisotopic (exact) mass is 270 g/mol. The zero-order valence-corrected chi connectivity index (χ0v) is 10.1. The molecule has 0 aromatic rings. The van der Waals surface area contributed by atoms with Crippen molar-refractivity contribution in [2.45, 2.75) is 50.5 Å². The molecule has 18 heavy (non-hydrogen) atoms. The largest absolute Gasteiger partial charge is 0.464 e. The number of ether oxygens (including phenoxy) is 2. The van der Waals surface area contributed by atoms with Crippen LogP contribution in [0.1, 0.15) is 32.6 Å². The van der Waals surface area contributed by atoms with E-state index >= 15 is 0 Å². The minimum absolute atomic E-state index is 0.0638. The molecule has 0 spiro atoms. The molecule has 7 heteroatoms. The van der Waals surface area contributed by atoms with Gasteiger partial charge in [-0.05, 0) is 32.6 Å². The molecule has 1 aliphatic rings. The molecule has 4 nitrogen and oxygen atoms in total. The van der Waals surface area contributed by atoms with Gasteiger partial charge in [-0.25, -0.2) is 4.79 Å². The van der Waals surface area contributed by atoms with Crippen molar-refractivity contribution < 1.29 is 32.5 Å². The van der Waals surface area contributed by atoms with Crippen molar-refractivity contribution in [3.8, 4) is 0 Å². The normalized spacial score (nSPS) is 29.1. The molecule has 1 rings (SSSR count). The summed E-state index contributed by atoms with van der Waals surface area (Å²) in [5, 5.41) is 9.96. The van der Waals surface area contributed by atoms with Crippen LogP contribution in [0.2, 0.25) is 0 Å². The third-order valence-corrected chi connectivity index (χ3v) is 2.90. The van der Waals surface area contributed by atoms with Gasteiger partial charge in [-0.3, -0.25) is 0 Å². The average molecular weight is 270 g/mol. The number of hydrogen-bond acceptors (Lipinski definition) is 4. The fraction of sp³-hybridized carbons (Fsp3) is 0.909. The Kier molecular flexibility index (Phi) is 4.98. The first-order chi connectivity index (χ1) is 8.27. The van der Waals surface area contributed by atoms with Gasteiger partial charge in [0.1, 0.15) is 6.61 Å². The Morgan fingerprint density at radius 2 is 1.94 bits per heavy atom. The molecule has 0 saturated heterocycles. The van der Waals surface area contributed by atoms with Crippen molar-refractivity contribution in [2.24, 2.45) is 0 Å². The Labute approximate surface area is 103 Å². The lowest BCUT2D eigenvalue weighted by molar-refractivity contribution is -0.196. The fourth-order valence-electron chi connectivity index (χ4n) is 1.92. The van der Waals surface area contributed by atoms with Crippen molar-refractivity contribution in [2.75, 3.05) is 13.2 Å². The predicted octanol–water partition coefficient (Wildman–Crippen LogP) is 1.80. The van der Waals surface area contributed by atoms with Gasteiger partial charge in [0.05, 0.1) is 12.7 Å². The number of aliphatic hydroxyl groups is 1. The van der Waals surface area contributed by atoms with Crippen LogP contribution in [-0.4, -0.2) is 42.2 Å². The summed E-state index contributed by atoms with van der Waals surface area (Å²) in [6.07, 6.45) is -4.37. The molecule has 1 aliphatic carbocycles. The molecule has 1 fully saturated rings. The van der Waals surface area contributed by atoms with Crippen molar-refractivity contribution >= 4 is 5.97 Å². The summed E-state index contributed by atoms with van der Waals surface area (Å²) in [4.78, 5) is 11.5. The van der Waals surface area contributed by atoms with E-state index in [0.717, 1.165) is 0 Å². The molecule has 0 aromatic carbocycles. The number of carbonyl (C=O) groups excluding carboxylic acids is 1. The Balaban J connectivity index is 2.38. The maximum atomic E-state index is 11.9. The van der Waals surface area contributed by atoms with Gasteiger partial charge in [-0.2, -0.15) is 13.2 Å². The molecular formula is C11H17F3O4. The van der Waals surface area contributed by atoms with E-state index < -0.39 is 30.5 Å². The van der Waals surface area contributed by atoms with E-state index in [1.165, 1.54) is 0 Å². The van der Waals surface area contributed by atoms with Gasteiger partial charge < -0.3 is 14.6 Å². The SMILES string of the molecule is CCOC(=O)C1(O)CCC(OCC(F)(F)F)CC1. The smallest absolute Gasteiger partial charge is 0.411 e. The second kappa shape index (κ2) is 5.88. The van der Waals surface area contributed by atoms with Crippen LogP contribution >= 0.6 is 0 Å². The Morgan fingerprint density at radius 1 is 1.39 bits per heavy atom. The van der Waals surface area contributed by atoms with Crippen molar-refractivity contribution in [3.05, 3.63) is 0 Å². The summed E-state index contributed by atoms with van der Waals surface area (Å²) in [6, 6.07) is 0. The standard InChI is InChI=1S/C11H17F3O4/c1-2-17-9(15)10(16)5-3-8(4-6-10)18-7-11(12,13)14/h8,16H,2-7H2,1H3. The molecule has 0 bridgehead atoms. The Morgan fingerprint density at radius 3 is 2.39 bits per heavy atom. The highest BCUT2D eigenvalue weighted by molar-refractivity contribution is 5.79. The van der Waals surface area contributed by atoms with E-state index in [1.807, 2.05) is 0 Å². The topological polar surface area (TPSA) is 55.8 Å². The Bertz CT molecular complexity index is 283. The van der Waals surface area contributed by atoms with Crippen LogP contribution in [0.5, 0.6) is 0 Å². The van der Waals surface area contributed by atoms with Crippen LogP contribution in [0.25, 0.3) is 0 Å². The fourth-order valence-corrected chi connectivity index (χ4v) is 1.92. The second-order valence-corrected chi connectivity index (χ2v) is 4.38. The molecule has 0 atom stereocenters. The maximum Gasteiger partial charge on any atom is 0.411 e. The van der Waals surface area contributed by atoms with Gasteiger partial charge >= 0.3 is 12.1 Å². The lowest BCUT2D eigenvalue weighted by Gasteiger charge is -2.33. The first kappa shape index (κ1) is 15.2. The first-order valence-electron chi connectivity index (χ1n) is 5.85. The van der Waals surface area contributed by atoms with Crippen molar-refractivity contribution in [3.63, 3.8) is 0 Å². The summed E-state index contributed by atoms with van der Waals surface area (Å²) in [7, 11) is 0. The van der Waals surface area contributed by atoms with Crippen LogP contribution < -0.4 is 0 Å².